The maximum absolute atomic E-state index is 12.3. The minimum Gasteiger partial charge on any atom is -0.336 e. The number of carbonyl (C=O) groups is 1. The monoisotopic (exact) mass is 334 g/mol. The number of hydrogen-bond donors (Lipinski definition) is 1. The maximum atomic E-state index is 12.3. The minimum atomic E-state index is -0.116. The summed E-state index contributed by atoms with van der Waals surface area (Å²) in [4.78, 5) is 14.9. The van der Waals surface area contributed by atoms with Crippen LogP contribution in [0.3, 0.4) is 0 Å². The van der Waals surface area contributed by atoms with E-state index in [-0.39, 0.29) is 11.9 Å². The molecule has 1 saturated heterocycles. The number of halogens is 1. The highest BCUT2D eigenvalue weighted by Crippen LogP contribution is 2.31. The quantitative estimate of drug-likeness (QED) is 0.933. The van der Waals surface area contributed by atoms with Gasteiger partial charge in [-0.25, -0.2) is 0 Å². The van der Waals surface area contributed by atoms with Crippen molar-refractivity contribution in [1.29, 1.82) is 0 Å². The van der Waals surface area contributed by atoms with Crippen molar-refractivity contribution in [2.75, 3.05) is 13.1 Å². The van der Waals surface area contributed by atoms with E-state index < -0.39 is 0 Å². The van der Waals surface area contributed by atoms with Crippen molar-refractivity contribution in [2.45, 2.75) is 22.4 Å². The van der Waals surface area contributed by atoms with Gasteiger partial charge in [-0.15, -0.1) is 10.2 Å². The van der Waals surface area contributed by atoms with Crippen molar-refractivity contribution in [1.82, 2.24) is 15.1 Å². The molecule has 0 bridgehead atoms. The van der Waals surface area contributed by atoms with Gasteiger partial charge in [0.15, 0.2) is 5.69 Å². The molecule has 7 heteroatoms. The van der Waals surface area contributed by atoms with E-state index in [2.05, 4.69) is 10.2 Å². The van der Waals surface area contributed by atoms with Crippen LogP contribution in [0.25, 0.3) is 0 Å². The summed E-state index contributed by atoms with van der Waals surface area (Å²) < 4.78 is 0. The first-order valence-electron chi connectivity index (χ1n) is 6.94. The van der Waals surface area contributed by atoms with Gasteiger partial charge in [0.2, 0.25) is 0 Å². The molecule has 0 unspecified atom stereocenters. The molecule has 1 aliphatic heterocycles. The molecule has 2 N–H and O–H groups in total. The molecule has 1 amide bonds. The number of nitrogens with zero attached hydrogens (tertiary/aromatic N) is 3. The summed E-state index contributed by atoms with van der Waals surface area (Å²) in [5.41, 5.74) is 6.16. The summed E-state index contributed by atoms with van der Waals surface area (Å²) in [7, 11) is 0. The molecular weight excluding hydrogens is 320 g/mol. The van der Waals surface area contributed by atoms with Crippen LogP contribution < -0.4 is 5.73 Å². The number of carbonyl (C=O) groups excluding carboxylic acids is 1. The summed E-state index contributed by atoms with van der Waals surface area (Å²) in [6.45, 7) is 1.26. The van der Waals surface area contributed by atoms with Crippen LogP contribution in [0.1, 0.15) is 16.9 Å². The van der Waals surface area contributed by atoms with Gasteiger partial charge in [-0.05, 0) is 30.7 Å². The van der Waals surface area contributed by atoms with Gasteiger partial charge in [0, 0.05) is 24.0 Å². The first-order chi connectivity index (χ1) is 10.6. The van der Waals surface area contributed by atoms with Crippen molar-refractivity contribution >= 4 is 29.3 Å². The Morgan fingerprint density at radius 2 is 2.09 bits per heavy atom. The first-order valence-corrected chi connectivity index (χ1v) is 8.14. The Morgan fingerprint density at radius 3 is 2.73 bits per heavy atom. The molecule has 0 saturated carbocycles. The fourth-order valence-electron chi connectivity index (χ4n) is 2.26. The van der Waals surface area contributed by atoms with Crippen molar-refractivity contribution < 1.29 is 4.79 Å². The highest BCUT2D eigenvalue weighted by Gasteiger charge is 2.25. The van der Waals surface area contributed by atoms with Gasteiger partial charge in [0.25, 0.3) is 5.91 Å². The van der Waals surface area contributed by atoms with Crippen LogP contribution in [0.4, 0.5) is 0 Å². The Labute approximate surface area is 137 Å². The van der Waals surface area contributed by atoms with Gasteiger partial charge in [0.1, 0.15) is 5.03 Å². The fraction of sp³-hybridized carbons (Fsp3) is 0.267. The zero-order valence-corrected chi connectivity index (χ0v) is 13.3. The lowest BCUT2D eigenvalue weighted by molar-refractivity contribution is 0.0783. The molecular formula is C15H15ClN4OS. The van der Waals surface area contributed by atoms with E-state index in [0.717, 1.165) is 11.3 Å². The molecule has 0 radical (unpaired) electrons. The Kier molecular flexibility index (Phi) is 4.61. The molecule has 1 aromatic carbocycles. The van der Waals surface area contributed by atoms with Gasteiger partial charge in [-0.3, -0.25) is 4.79 Å². The van der Waals surface area contributed by atoms with Gasteiger partial charge in [-0.1, -0.05) is 35.5 Å². The smallest absolute Gasteiger partial charge is 0.274 e. The van der Waals surface area contributed by atoms with E-state index in [1.807, 2.05) is 24.3 Å². The van der Waals surface area contributed by atoms with Crippen LogP contribution in [0, 0.1) is 0 Å². The Morgan fingerprint density at radius 1 is 1.27 bits per heavy atom. The predicted molar refractivity (Wildman–Crippen MR) is 86.1 cm³/mol. The standard InChI is InChI=1S/C15H15ClN4OS/c16-11-3-1-2-4-13(11)22-14-6-5-12(18-19-14)15(21)20-8-7-10(17)9-20/h1-6,10H,7-9,17H2/t10-/m1/s1. The summed E-state index contributed by atoms with van der Waals surface area (Å²) in [6.07, 6.45) is 0.833. The van der Waals surface area contributed by atoms with Crippen molar-refractivity contribution in [2.24, 2.45) is 5.73 Å². The lowest BCUT2D eigenvalue weighted by Crippen LogP contribution is -2.32. The molecule has 1 fully saturated rings. The van der Waals surface area contributed by atoms with Gasteiger partial charge >= 0.3 is 0 Å². The zero-order chi connectivity index (χ0) is 15.5. The molecule has 0 aliphatic carbocycles. The second-order valence-electron chi connectivity index (χ2n) is 5.09. The third kappa shape index (κ3) is 3.40. The van der Waals surface area contributed by atoms with Crippen LogP contribution >= 0.6 is 23.4 Å². The van der Waals surface area contributed by atoms with Crippen molar-refractivity contribution in [3.63, 3.8) is 0 Å². The number of amides is 1. The second-order valence-corrected chi connectivity index (χ2v) is 6.56. The lowest BCUT2D eigenvalue weighted by atomic mass is 10.3. The Bertz CT molecular complexity index is 679. The van der Waals surface area contributed by atoms with Crippen LogP contribution in [0.15, 0.2) is 46.3 Å². The third-order valence-electron chi connectivity index (χ3n) is 3.42. The average Bonchev–Trinajstić information content (AvgIpc) is 2.96. The van der Waals surface area contributed by atoms with Crippen molar-refractivity contribution in [3.05, 3.63) is 47.1 Å². The number of benzene rings is 1. The van der Waals surface area contributed by atoms with E-state index >= 15 is 0 Å². The normalized spacial score (nSPS) is 17.7. The molecule has 1 aliphatic rings. The second kappa shape index (κ2) is 6.64. The molecule has 1 aromatic heterocycles. The van der Waals surface area contributed by atoms with Gasteiger partial charge < -0.3 is 10.6 Å². The predicted octanol–water partition coefficient (Wildman–Crippen LogP) is 2.45. The molecule has 3 rings (SSSR count). The first kappa shape index (κ1) is 15.3. The lowest BCUT2D eigenvalue weighted by Gasteiger charge is -2.14. The SMILES string of the molecule is N[C@@H]1CCN(C(=O)c2ccc(Sc3ccccc3Cl)nn2)C1. The largest absolute Gasteiger partial charge is 0.336 e. The van der Waals surface area contributed by atoms with Gasteiger partial charge in [0.05, 0.1) is 5.02 Å². The molecule has 2 aromatic rings. The zero-order valence-electron chi connectivity index (χ0n) is 11.8. The maximum Gasteiger partial charge on any atom is 0.274 e. The number of rotatable bonds is 3. The van der Waals surface area contributed by atoms with Crippen LogP contribution in [0.2, 0.25) is 5.02 Å². The van der Waals surface area contributed by atoms with Crippen LogP contribution in [-0.4, -0.2) is 40.1 Å². The Hall–Kier alpha value is -1.63. The van der Waals surface area contributed by atoms with Crippen LogP contribution in [-0.2, 0) is 0 Å². The van der Waals surface area contributed by atoms with Gasteiger partial charge in [-0.2, -0.15) is 0 Å². The number of hydrogen-bond acceptors (Lipinski definition) is 5. The van der Waals surface area contributed by atoms with Crippen molar-refractivity contribution in [3.8, 4) is 0 Å². The van der Waals surface area contributed by atoms with E-state index in [1.165, 1.54) is 11.8 Å². The highest BCUT2D eigenvalue weighted by atomic mass is 35.5. The van der Waals surface area contributed by atoms with E-state index in [9.17, 15) is 4.79 Å². The summed E-state index contributed by atoms with van der Waals surface area (Å²) in [6, 6.07) is 11.1. The van der Waals surface area contributed by atoms with E-state index in [1.54, 1.807) is 17.0 Å². The van der Waals surface area contributed by atoms with Crippen LogP contribution in [0.5, 0.6) is 0 Å². The molecule has 0 spiro atoms. The molecule has 22 heavy (non-hydrogen) atoms. The van der Waals surface area contributed by atoms with E-state index in [4.69, 9.17) is 17.3 Å². The summed E-state index contributed by atoms with van der Waals surface area (Å²) in [5.74, 6) is -0.116. The molecule has 114 valence electrons. The minimum absolute atomic E-state index is 0.0620. The average molecular weight is 335 g/mol. The summed E-state index contributed by atoms with van der Waals surface area (Å²) in [5, 5.41) is 9.49. The molecule has 5 nitrogen and oxygen atoms in total. The molecule has 2 heterocycles. The van der Waals surface area contributed by atoms with E-state index in [0.29, 0.717) is 28.8 Å². The Balaban J connectivity index is 1.70. The topological polar surface area (TPSA) is 72.1 Å². The highest BCUT2D eigenvalue weighted by molar-refractivity contribution is 7.99. The number of nitrogens with two attached hydrogens (primary N) is 1. The summed E-state index contributed by atoms with van der Waals surface area (Å²) >= 11 is 7.53. The fourth-order valence-corrected chi connectivity index (χ4v) is 3.27. The third-order valence-corrected chi connectivity index (χ3v) is 4.87. The number of likely N-dealkylation sites (tertiary alicyclic amines) is 1. The molecule has 1 atom stereocenters. The number of aromatic nitrogens is 2.